The molecule has 18 heavy (non-hydrogen) atoms. The van der Waals surface area contributed by atoms with E-state index >= 15 is 0 Å². The van der Waals surface area contributed by atoms with Crippen LogP contribution in [0.3, 0.4) is 0 Å². The lowest BCUT2D eigenvalue weighted by Gasteiger charge is -2.34. The number of carbonyl (C=O) groups is 2. The number of anilines is 1. The molecule has 0 radical (unpaired) electrons. The lowest BCUT2D eigenvalue weighted by molar-refractivity contribution is -0.138. The quantitative estimate of drug-likeness (QED) is 0.842. The van der Waals surface area contributed by atoms with Crippen LogP contribution in [-0.2, 0) is 4.79 Å². The number of carboxylic acids is 1. The lowest BCUT2D eigenvalue weighted by atomic mass is 10.1. The molecule has 98 valence electrons. The number of hydrogen-bond acceptors (Lipinski definition) is 4. The van der Waals surface area contributed by atoms with Crippen LogP contribution in [0.4, 0.5) is 10.5 Å². The Hall–Kier alpha value is -2.18. The molecule has 1 aromatic heterocycles. The Bertz CT molecular complexity index is 428. The average Bonchev–Trinajstić information content (AvgIpc) is 2.25. The van der Waals surface area contributed by atoms with E-state index in [2.05, 4.69) is 15.3 Å². The van der Waals surface area contributed by atoms with E-state index in [9.17, 15) is 9.59 Å². The molecule has 0 atom stereocenters. The minimum atomic E-state index is -1.07. The third-order valence-electron chi connectivity index (χ3n) is 2.16. The zero-order valence-electron chi connectivity index (χ0n) is 10.5. The van der Waals surface area contributed by atoms with Gasteiger partial charge in [0.15, 0.2) is 0 Å². The number of hydrogen-bond donors (Lipinski definition) is 2. The van der Waals surface area contributed by atoms with Crippen LogP contribution in [0.25, 0.3) is 0 Å². The van der Waals surface area contributed by atoms with Gasteiger partial charge in [0.2, 0.25) is 0 Å². The average molecular weight is 252 g/mol. The Morgan fingerprint density at radius 3 is 2.33 bits per heavy atom. The maximum absolute atomic E-state index is 12.0. The number of rotatable bonds is 3. The summed E-state index contributed by atoms with van der Waals surface area (Å²) in [6, 6.07) is -0.500. The fourth-order valence-electron chi connectivity index (χ4n) is 1.30. The summed E-state index contributed by atoms with van der Waals surface area (Å²) in [7, 11) is 0. The van der Waals surface area contributed by atoms with Gasteiger partial charge in [0.05, 0.1) is 18.1 Å². The van der Waals surface area contributed by atoms with E-state index in [1.54, 1.807) is 20.8 Å². The number of aromatic nitrogens is 2. The molecule has 0 saturated heterocycles. The van der Waals surface area contributed by atoms with E-state index in [0.717, 1.165) is 0 Å². The number of amides is 2. The van der Waals surface area contributed by atoms with Crippen LogP contribution in [0.15, 0.2) is 18.7 Å². The number of nitrogens with zero attached hydrogens (tertiary/aromatic N) is 3. The molecule has 0 fully saturated rings. The van der Waals surface area contributed by atoms with Gasteiger partial charge in [-0.25, -0.2) is 14.8 Å². The Morgan fingerprint density at radius 1 is 1.33 bits per heavy atom. The molecule has 0 bridgehead atoms. The highest BCUT2D eigenvalue weighted by atomic mass is 16.4. The van der Waals surface area contributed by atoms with Crippen LogP contribution in [0.5, 0.6) is 0 Å². The van der Waals surface area contributed by atoms with Crippen molar-refractivity contribution in [2.45, 2.75) is 26.3 Å². The summed E-state index contributed by atoms with van der Waals surface area (Å²) in [4.78, 5) is 31.5. The molecule has 1 heterocycles. The van der Waals surface area contributed by atoms with Crippen LogP contribution in [0, 0.1) is 0 Å². The molecule has 2 amide bonds. The van der Waals surface area contributed by atoms with E-state index in [-0.39, 0.29) is 6.54 Å². The molecule has 0 aromatic carbocycles. The smallest absolute Gasteiger partial charge is 0.323 e. The van der Waals surface area contributed by atoms with Crippen molar-refractivity contribution in [3.63, 3.8) is 0 Å². The first-order chi connectivity index (χ1) is 8.30. The third-order valence-corrected chi connectivity index (χ3v) is 2.16. The highest BCUT2D eigenvalue weighted by molar-refractivity contribution is 5.91. The van der Waals surface area contributed by atoms with Crippen LogP contribution >= 0.6 is 0 Å². The lowest BCUT2D eigenvalue weighted by Crippen LogP contribution is -2.50. The first-order valence-corrected chi connectivity index (χ1v) is 5.36. The topological polar surface area (TPSA) is 95.4 Å². The molecule has 0 aliphatic heterocycles. The molecule has 0 unspecified atom stereocenters. The van der Waals surface area contributed by atoms with Crippen LogP contribution < -0.4 is 5.32 Å². The molecule has 0 saturated carbocycles. The molecule has 7 heteroatoms. The van der Waals surface area contributed by atoms with Gasteiger partial charge < -0.3 is 15.3 Å². The molecule has 7 nitrogen and oxygen atoms in total. The summed E-state index contributed by atoms with van der Waals surface area (Å²) in [6.45, 7) is 4.91. The van der Waals surface area contributed by atoms with Gasteiger partial charge in [0.25, 0.3) is 0 Å². The van der Waals surface area contributed by atoms with Crippen molar-refractivity contribution in [2.24, 2.45) is 0 Å². The van der Waals surface area contributed by atoms with Gasteiger partial charge in [0, 0.05) is 5.54 Å². The zero-order chi connectivity index (χ0) is 13.8. The third kappa shape index (κ3) is 4.00. The van der Waals surface area contributed by atoms with Crippen molar-refractivity contribution in [3.05, 3.63) is 18.7 Å². The second kappa shape index (κ2) is 5.44. The normalized spacial score (nSPS) is 10.8. The van der Waals surface area contributed by atoms with Crippen molar-refractivity contribution in [3.8, 4) is 0 Å². The van der Waals surface area contributed by atoms with Crippen molar-refractivity contribution in [1.82, 2.24) is 14.9 Å². The minimum Gasteiger partial charge on any atom is -0.480 e. The largest absolute Gasteiger partial charge is 0.480 e. The van der Waals surface area contributed by atoms with Crippen molar-refractivity contribution in [2.75, 3.05) is 11.9 Å². The number of carbonyl (C=O) groups excluding carboxylic acids is 1. The monoisotopic (exact) mass is 252 g/mol. The summed E-state index contributed by atoms with van der Waals surface area (Å²) in [5.41, 5.74) is -0.180. The van der Waals surface area contributed by atoms with E-state index in [1.165, 1.54) is 23.6 Å². The van der Waals surface area contributed by atoms with Gasteiger partial charge in [-0.1, -0.05) is 0 Å². The standard InChI is InChI=1S/C11H16N4O3/c1-11(2,3)15(6-9(16)17)10(18)14-8-4-12-7-13-5-8/h4-5,7H,6H2,1-3H3,(H,14,18)(H,16,17). The van der Waals surface area contributed by atoms with Crippen LogP contribution in [0.2, 0.25) is 0 Å². The van der Waals surface area contributed by atoms with Crippen molar-refractivity contribution < 1.29 is 14.7 Å². The maximum atomic E-state index is 12.0. The first-order valence-electron chi connectivity index (χ1n) is 5.36. The SMILES string of the molecule is CC(C)(C)N(CC(=O)O)C(=O)Nc1cncnc1. The molecular formula is C11H16N4O3. The Labute approximate surface area is 105 Å². The van der Waals surface area contributed by atoms with Gasteiger partial charge in [0.1, 0.15) is 12.9 Å². The highest BCUT2D eigenvalue weighted by Gasteiger charge is 2.28. The van der Waals surface area contributed by atoms with Gasteiger partial charge in [-0.05, 0) is 20.8 Å². The molecular weight excluding hydrogens is 236 g/mol. The predicted octanol–water partition coefficient (Wildman–Crippen LogP) is 1.19. The molecule has 1 rings (SSSR count). The Kier molecular flexibility index (Phi) is 4.19. The fourth-order valence-corrected chi connectivity index (χ4v) is 1.30. The molecule has 1 aromatic rings. The summed E-state index contributed by atoms with van der Waals surface area (Å²) in [6.07, 6.45) is 4.22. The number of carboxylic acid groups (broad SMARTS) is 1. The summed E-state index contributed by atoms with van der Waals surface area (Å²) < 4.78 is 0. The second-order valence-corrected chi connectivity index (χ2v) is 4.71. The summed E-state index contributed by atoms with van der Waals surface area (Å²) >= 11 is 0. The Balaban J connectivity index is 2.80. The van der Waals surface area contributed by atoms with Crippen molar-refractivity contribution in [1.29, 1.82) is 0 Å². The number of nitrogens with one attached hydrogen (secondary N) is 1. The molecule has 0 aliphatic carbocycles. The van der Waals surface area contributed by atoms with Crippen molar-refractivity contribution >= 4 is 17.7 Å². The maximum Gasteiger partial charge on any atom is 0.323 e. The van der Waals surface area contributed by atoms with E-state index in [0.29, 0.717) is 5.69 Å². The van der Waals surface area contributed by atoms with Gasteiger partial charge in [-0.15, -0.1) is 0 Å². The highest BCUT2D eigenvalue weighted by Crippen LogP contribution is 2.15. The van der Waals surface area contributed by atoms with E-state index in [1.807, 2.05) is 0 Å². The zero-order valence-corrected chi connectivity index (χ0v) is 10.5. The van der Waals surface area contributed by atoms with Crippen LogP contribution in [0.1, 0.15) is 20.8 Å². The number of urea groups is 1. The molecule has 2 N–H and O–H groups in total. The van der Waals surface area contributed by atoms with Gasteiger partial charge >= 0.3 is 12.0 Å². The molecule has 0 spiro atoms. The van der Waals surface area contributed by atoms with E-state index < -0.39 is 17.5 Å². The summed E-state index contributed by atoms with van der Waals surface area (Å²) in [5, 5.41) is 11.4. The minimum absolute atomic E-state index is 0.372. The predicted molar refractivity (Wildman–Crippen MR) is 65.1 cm³/mol. The number of aliphatic carboxylic acids is 1. The van der Waals surface area contributed by atoms with Crippen LogP contribution in [-0.4, -0.2) is 44.1 Å². The van der Waals surface area contributed by atoms with Gasteiger partial charge in [-0.2, -0.15) is 0 Å². The van der Waals surface area contributed by atoms with E-state index in [4.69, 9.17) is 5.11 Å². The summed E-state index contributed by atoms with van der Waals surface area (Å²) in [5.74, 6) is -1.07. The van der Waals surface area contributed by atoms with Gasteiger partial charge in [-0.3, -0.25) is 4.79 Å². The Morgan fingerprint density at radius 2 is 1.89 bits per heavy atom. The first kappa shape index (κ1) is 13.9. The second-order valence-electron chi connectivity index (χ2n) is 4.71. The molecule has 0 aliphatic rings. The fraction of sp³-hybridized carbons (Fsp3) is 0.455.